The number of nitrogens with one attached hydrogen (secondary N) is 1. The van der Waals surface area contributed by atoms with E-state index in [1.165, 1.54) is 11.8 Å². The zero-order chi connectivity index (χ0) is 15.2. The van der Waals surface area contributed by atoms with Crippen LogP contribution in [0.3, 0.4) is 0 Å². The van der Waals surface area contributed by atoms with Crippen LogP contribution in [-0.4, -0.2) is 25.0 Å². The van der Waals surface area contributed by atoms with Crippen LogP contribution in [0.5, 0.6) is 0 Å². The van der Waals surface area contributed by atoms with E-state index in [9.17, 15) is 4.79 Å². The quantitative estimate of drug-likeness (QED) is 0.862. The number of anilines is 1. The first kappa shape index (κ1) is 14.4. The van der Waals surface area contributed by atoms with Crippen LogP contribution in [0.25, 0.3) is 6.08 Å². The Labute approximate surface area is 130 Å². The highest BCUT2D eigenvalue weighted by atomic mass is 16.3. The third-order valence-corrected chi connectivity index (χ3v) is 3.92. The first-order chi connectivity index (χ1) is 10.8. The van der Waals surface area contributed by atoms with Gasteiger partial charge in [-0.15, -0.1) is 0 Å². The summed E-state index contributed by atoms with van der Waals surface area (Å²) in [6.07, 6.45) is 7.06. The van der Waals surface area contributed by atoms with Crippen molar-refractivity contribution in [1.82, 2.24) is 5.32 Å². The van der Waals surface area contributed by atoms with Crippen LogP contribution in [0.15, 0.2) is 59.2 Å². The van der Waals surface area contributed by atoms with Gasteiger partial charge in [-0.3, -0.25) is 4.79 Å². The molecule has 1 aromatic carbocycles. The molecule has 0 spiro atoms. The van der Waals surface area contributed by atoms with E-state index in [1.807, 2.05) is 12.1 Å². The van der Waals surface area contributed by atoms with E-state index in [0.717, 1.165) is 19.4 Å². The molecule has 2 heterocycles. The fraction of sp³-hybridized carbons (Fsp3) is 0.278. The van der Waals surface area contributed by atoms with Crippen molar-refractivity contribution in [3.05, 3.63) is 60.6 Å². The van der Waals surface area contributed by atoms with Gasteiger partial charge in [0.25, 0.3) is 0 Å². The molecule has 0 bridgehead atoms. The van der Waals surface area contributed by atoms with Crippen LogP contribution in [-0.2, 0) is 4.79 Å². The monoisotopic (exact) mass is 296 g/mol. The average Bonchev–Trinajstić information content (AvgIpc) is 3.23. The lowest BCUT2D eigenvalue weighted by atomic mass is 10.2. The van der Waals surface area contributed by atoms with E-state index in [0.29, 0.717) is 18.3 Å². The molecule has 114 valence electrons. The molecule has 0 saturated carbocycles. The molecule has 1 aromatic heterocycles. The molecule has 4 heteroatoms. The number of hydrogen-bond donors (Lipinski definition) is 1. The molecular weight excluding hydrogens is 276 g/mol. The van der Waals surface area contributed by atoms with Crippen molar-refractivity contribution >= 4 is 17.7 Å². The molecule has 3 rings (SSSR count). The average molecular weight is 296 g/mol. The number of para-hydroxylation sites is 1. The van der Waals surface area contributed by atoms with E-state index in [1.54, 1.807) is 18.4 Å². The van der Waals surface area contributed by atoms with Gasteiger partial charge in [0.1, 0.15) is 5.76 Å². The van der Waals surface area contributed by atoms with Gasteiger partial charge in [-0.2, -0.15) is 0 Å². The molecule has 1 aliphatic rings. The topological polar surface area (TPSA) is 45.5 Å². The van der Waals surface area contributed by atoms with Crippen molar-refractivity contribution in [1.29, 1.82) is 0 Å². The number of benzene rings is 1. The van der Waals surface area contributed by atoms with Crippen LogP contribution in [0.4, 0.5) is 5.69 Å². The summed E-state index contributed by atoms with van der Waals surface area (Å²) in [5.74, 6) is 0.596. The lowest BCUT2D eigenvalue weighted by Gasteiger charge is -2.26. The van der Waals surface area contributed by atoms with Crippen molar-refractivity contribution in [3.8, 4) is 0 Å². The van der Waals surface area contributed by atoms with E-state index < -0.39 is 0 Å². The summed E-state index contributed by atoms with van der Waals surface area (Å²) in [4.78, 5) is 14.3. The highest BCUT2D eigenvalue weighted by Crippen LogP contribution is 2.24. The second kappa shape index (κ2) is 6.98. The highest BCUT2D eigenvalue weighted by Gasteiger charge is 2.24. The lowest BCUT2D eigenvalue weighted by molar-refractivity contribution is -0.116. The minimum absolute atomic E-state index is 0.0867. The Morgan fingerprint density at radius 2 is 2.14 bits per heavy atom. The van der Waals surface area contributed by atoms with Gasteiger partial charge < -0.3 is 14.6 Å². The van der Waals surface area contributed by atoms with Crippen LogP contribution in [0, 0.1) is 0 Å². The van der Waals surface area contributed by atoms with Crippen molar-refractivity contribution in [2.45, 2.75) is 18.9 Å². The number of nitrogens with zero attached hydrogens (tertiary/aromatic N) is 1. The standard InChI is InChI=1S/C18H20N2O2/c21-18(11-10-17-9-5-13-22-17)19-14-16-8-4-12-20(16)15-6-2-1-3-7-15/h1-3,5-7,9-11,13,16H,4,8,12,14H2,(H,19,21)/b11-10+/t16-/m1/s1. The maximum absolute atomic E-state index is 11.9. The molecule has 22 heavy (non-hydrogen) atoms. The third kappa shape index (κ3) is 3.58. The Morgan fingerprint density at radius 1 is 1.27 bits per heavy atom. The maximum Gasteiger partial charge on any atom is 0.244 e. The molecule has 1 fully saturated rings. The number of amides is 1. The van der Waals surface area contributed by atoms with Crippen molar-refractivity contribution in [2.75, 3.05) is 18.0 Å². The Bertz CT molecular complexity index is 620. The number of furan rings is 1. The lowest BCUT2D eigenvalue weighted by Crippen LogP contribution is -2.39. The summed E-state index contributed by atoms with van der Waals surface area (Å²) in [5, 5.41) is 2.98. The van der Waals surface area contributed by atoms with Crippen LogP contribution in [0.1, 0.15) is 18.6 Å². The van der Waals surface area contributed by atoms with Crippen LogP contribution in [0.2, 0.25) is 0 Å². The number of hydrogen-bond acceptors (Lipinski definition) is 3. The summed E-state index contributed by atoms with van der Waals surface area (Å²) >= 11 is 0. The van der Waals surface area contributed by atoms with E-state index in [4.69, 9.17) is 4.42 Å². The van der Waals surface area contributed by atoms with Gasteiger partial charge in [0.05, 0.1) is 6.26 Å². The molecule has 1 atom stereocenters. The summed E-state index contributed by atoms with van der Waals surface area (Å²) in [6, 6.07) is 14.4. The maximum atomic E-state index is 11.9. The molecule has 2 aromatic rings. The fourth-order valence-corrected chi connectivity index (χ4v) is 2.83. The zero-order valence-corrected chi connectivity index (χ0v) is 12.4. The Morgan fingerprint density at radius 3 is 2.91 bits per heavy atom. The fourth-order valence-electron chi connectivity index (χ4n) is 2.83. The molecule has 1 aliphatic heterocycles. The number of rotatable bonds is 5. The molecular formula is C18H20N2O2. The van der Waals surface area contributed by atoms with Gasteiger partial charge in [-0.05, 0) is 43.2 Å². The van der Waals surface area contributed by atoms with E-state index in [2.05, 4.69) is 34.5 Å². The van der Waals surface area contributed by atoms with Gasteiger partial charge in [0.2, 0.25) is 5.91 Å². The number of carbonyl (C=O) groups is 1. The Balaban J connectivity index is 1.53. The second-order valence-corrected chi connectivity index (χ2v) is 5.42. The van der Waals surface area contributed by atoms with Gasteiger partial charge in [-0.1, -0.05) is 18.2 Å². The number of carbonyl (C=O) groups excluding carboxylic acids is 1. The summed E-state index contributed by atoms with van der Waals surface area (Å²) in [7, 11) is 0. The van der Waals surface area contributed by atoms with Gasteiger partial charge >= 0.3 is 0 Å². The molecule has 4 nitrogen and oxygen atoms in total. The van der Waals surface area contributed by atoms with Crippen molar-refractivity contribution in [2.24, 2.45) is 0 Å². The minimum Gasteiger partial charge on any atom is -0.465 e. The van der Waals surface area contributed by atoms with Gasteiger partial charge in [-0.25, -0.2) is 0 Å². The van der Waals surface area contributed by atoms with Crippen molar-refractivity contribution in [3.63, 3.8) is 0 Å². The molecule has 1 amide bonds. The van der Waals surface area contributed by atoms with Crippen LogP contribution < -0.4 is 10.2 Å². The van der Waals surface area contributed by atoms with E-state index >= 15 is 0 Å². The Kier molecular flexibility index (Phi) is 4.59. The summed E-state index contributed by atoms with van der Waals surface area (Å²) < 4.78 is 5.16. The molecule has 0 unspecified atom stereocenters. The normalized spacial score (nSPS) is 18.0. The largest absolute Gasteiger partial charge is 0.465 e. The SMILES string of the molecule is O=C(/C=C/c1ccco1)NC[C@H]1CCCN1c1ccccc1. The highest BCUT2D eigenvalue weighted by molar-refractivity contribution is 5.91. The van der Waals surface area contributed by atoms with Gasteiger partial charge in [0, 0.05) is 30.9 Å². The predicted octanol–water partition coefficient (Wildman–Crippen LogP) is 3.08. The molecule has 0 aliphatic carbocycles. The van der Waals surface area contributed by atoms with E-state index in [-0.39, 0.29) is 5.91 Å². The zero-order valence-electron chi connectivity index (χ0n) is 12.4. The smallest absolute Gasteiger partial charge is 0.244 e. The first-order valence-corrected chi connectivity index (χ1v) is 7.64. The summed E-state index contributed by atoms with van der Waals surface area (Å²) in [5.41, 5.74) is 1.23. The third-order valence-electron chi connectivity index (χ3n) is 3.92. The molecule has 1 saturated heterocycles. The molecule has 1 N–H and O–H groups in total. The Hall–Kier alpha value is -2.49. The van der Waals surface area contributed by atoms with Gasteiger partial charge in [0.15, 0.2) is 0 Å². The predicted molar refractivity (Wildman–Crippen MR) is 87.6 cm³/mol. The minimum atomic E-state index is -0.0867. The molecule has 0 radical (unpaired) electrons. The van der Waals surface area contributed by atoms with Crippen molar-refractivity contribution < 1.29 is 9.21 Å². The summed E-state index contributed by atoms with van der Waals surface area (Å²) in [6.45, 7) is 1.71. The second-order valence-electron chi connectivity index (χ2n) is 5.42. The van der Waals surface area contributed by atoms with Crippen LogP contribution >= 0.6 is 0 Å². The first-order valence-electron chi connectivity index (χ1n) is 7.64.